The van der Waals surface area contributed by atoms with Crippen LogP contribution >= 0.6 is 0 Å². The number of aryl methyl sites for hydroxylation is 3. The van der Waals surface area contributed by atoms with Crippen LogP contribution in [0.2, 0.25) is 0 Å². The SMILES string of the molecule is Cc1ccc(N(C)N/C=C/c2c(C)cccc2C)cc1. The minimum Gasteiger partial charge on any atom is -0.306 e. The third kappa shape index (κ3) is 3.41. The Balaban J connectivity index is 2.04. The monoisotopic (exact) mass is 266 g/mol. The van der Waals surface area contributed by atoms with Crippen LogP contribution in [0, 0.1) is 20.8 Å². The van der Waals surface area contributed by atoms with E-state index in [2.05, 4.69) is 74.7 Å². The quantitative estimate of drug-likeness (QED) is 0.833. The van der Waals surface area contributed by atoms with Gasteiger partial charge in [-0.25, -0.2) is 0 Å². The molecular formula is C18H22N2. The van der Waals surface area contributed by atoms with Crippen molar-refractivity contribution in [3.05, 3.63) is 70.9 Å². The summed E-state index contributed by atoms with van der Waals surface area (Å²) in [5.41, 5.74) is 9.55. The first-order chi connectivity index (χ1) is 9.58. The maximum atomic E-state index is 3.27. The van der Waals surface area contributed by atoms with Crippen LogP contribution in [0.1, 0.15) is 22.3 Å². The topological polar surface area (TPSA) is 15.3 Å². The first kappa shape index (κ1) is 14.2. The number of hydrogen-bond acceptors (Lipinski definition) is 2. The second-order valence-electron chi connectivity index (χ2n) is 5.16. The summed E-state index contributed by atoms with van der Waals surface area (Å²) in [4.78, 5) is 0. The molecule has 0 amide bonds. The summed E-state index contributed by atoms with van der Waals surface area (Å²) in [6.45, 7) is 6.37. The molecule has 2 heteroatoms. The van der Waals surface area contributed by atoms with Gasteiger partial charge in [-0.15, -0.1) is 0 Å². The molecule has 0 saturated carbocycles. The highest BCUT2D eigenvalue weighted by Crippen LogP contribution is 2.15. The minimum absolute atomic E-state index is 1.14. The molecule has 0 aliphatic heterocycles. The summed E-state index contributed by atoms with van der Waals surface area (Å²) in [5.74, 6) is 0. The minimum atomic E-state index is 1.14. The molecule has 0 radical (unpaired) electrons. The predicted octanol–water partition coefficient (Wildman–Crippen LogP) is 4.22. The van der Waals surface area contributed by atoms with Gasteiger partial charge < -0.3 is 5.43 Å². The Morgan fingerprint density at radius 1 is 0.900 bits per heavy atom. The van der Waals surface area contributed by atoms with E-state index in [9.17, 15) is 0 Å². The lowest BCUT2D eigenvalue weighted by Crippen LogP contribution is -2.29. The van der Waals surface area contributed by atoms with Gasteiger partial charge in [-0.2, -0.15) is 0 Å². The molecule has 2 aromatic carbocycles. The van der Waals surface area contributed by atoms with Gasteiger partial charge in [0.2, 0.25) is 0 Å². The van der Waals surface area contributed by atoms with Gasteiger partial charge in [0.1, 0.15) is 0 Å². The first-order valence-electron chi connectivity index (χ1n) is 6.87. The van der Waals surface area contributed by atoms with E-state index >= 15 is 0 Å². The Morgan fingerprint density at radius 3 is 2.10 bits per heavy atom. The van der Waals surface area contributed by atoms with Gasteiger partial charge in [0.05, 0.1) is 5.69 Å². The van der Waals surface area contributed by atoms with E-state index < -0.39 is 0 Å². The van der Waals surface area contributed by atoms with Gasteiger partial charge in [-0.05, 0) is 55.7 Å². The molecule has 0 heterocycles. The van der Waals surface area contributed by atoms with Crippen LogP contribution in [-0.4, -0.2) is 7.05 Å². The molecule has 0 fully saturated rings. The lowest BCUT2D eigenvalue weighted by atomic mass is 10.0. The molecule has 0 atom stereocenters. The van der Waals surface area contributed by atoms with Crippen molar-refractivity contribution in [2.75, 3.05) is 12.1 Å². The highest BCUT2D eigenvalue weighted by atomic mass is 15.5. The van der Waals surface area contributed by atoms with Crippen molar-refractivity contribution in [3.8, 4) is 0 Å². The normalized spacial score (nSPS) is 10.8. The van der Waals surface area contributed by atoms with E-state index in [1.807, 2.05) is 18.3 Å². The zero-order chi connectivity index (χ0) is 14.5. The van der Waals surface area contributed by atoms with E-state index in [0.717, 1.165) is 5.69 Å². The molecule has 2 aromatic rings. The van der Waals surface area contributed by atoms with Gasteiger partial charge in [-0.3, -0.25) is 5.01 Å². The van der Waals surface area contributed by atoms with Crippen molar-refractivity contribution in [1.82, 2.24) is 5.43 Å². The number of nitrogens with one attached hydrogen (secondary N) is 1. The Morgan fingerprint density at radius 2 is 1.50 bits per heavy atom. The summed E-state index contributed by atoms with van der Waals surface area (Å²) in [5, 5.41) is 2.00. The van der Waals surface area contributed by atoms with Crippen molar-refractivity contribution < 1.29 is 0 Å². The second kappa shape index (κ2) is 6.29. The van der Waals surface area contributed by atoms with Gasteiger partial charge >= 0.3 is 0 Å². The van der Waals surface area contributed by atoms with Crippen molar-refractivity contribution in [2.45, 2.75) is 20.8 Å². The molecule has 0 aromatic heterocycles. The first-order valence-corrected chi connectivity index (χ1v) is 6.87. The van der Waals surface area contributed by atoms with Crippen molar-refractivity contribution >= 4 is 11.8 Å². The lowest BCUT2D eigenvalue weighted by Gasteiger charge is -2.19. The second-order valence-corrected chi connectivity index (χ2v) is 5.16. The molecular weight excluding hydrogens is 244 g/mol. The molecule has 2 nitrogen and oxygen atoms in total. The van der Waals surface area contributed by atoms with Crippen LogP contribution in [0.3, 0.4) is 0 Å². The van der Waals surface area contributed by atoms with Gasteiger partial charge in [0.25, 0.3) is 0 Å². The highest BCUT2D eigenvalue weighted by molar-refractivity contribution is 5.57. The lowest BCUT2D eigenvalue weighted by molar-refractivity contribution is 0.841. The molecule has 2 rings (SSSR count). The molecule has 0 unspecified atom stereocenters. The maximum absolute atomic E-state index is 3.27. The van der Waals surface area contributed by atoms with Gasteiger partial charge in [-0.1, -0.05) is 35.9 Å². The van der Waals surface area contributed by atoms with Crippen LogP contribution < -0.4 is 10.4 Å². The number of rotatable bonds is 4. The third-order valence-corrected chi connectivity index (χ3v) is 3.48. The van der Waals surface area contributed by atoms with Crippen molar-refractivity contribution in [3.63, 3.8) is 0 Å². The largest absolute Gasteiger partial charge is 0.306 e. The molecule has 1 N–H and O–H groups in total. The number of nitrogens with zero attached hydrogens (tertiary/aromatic N) is 1. The Kier molecular flexibility index (Phi) is 4.46. The molecule has 0 bridgehead atoms. The maximum Gasteiger partial charge on any atom is 0.0568 e. The number of anilines is 1. The summed E-state index contributed by atoms with van der Waals surface area (Å²) >= 11 is 0. The average Bonchev–Trinajstić information content (AvgIpc) is 2.42. The Labute approximate surface area is 121 Å². The zero-order valence-electron chi connectivity index (χ0n) is 12.6. The zero-order valence-corrected chi connectivity index (χ0v) is 12.6. The average molecular weight is 266 g/mol. The fourth-order valence-electron chi connectivity index (χ4n) is 2.17. The van der Waals surface area contributed by atoms with Gasteiger partial charge in [0.15, 0.2) is 0 Å². The number of hydrogen-bond donors (Lipinski definition) is 1. The summed E-state index contributed by atoms with van der Waals surface area (Å²) in [6.07, 6.45) is 4.10. The molecule has 0 spiro atoms. The van der Waals surface area contributed by atoms with Crippen LogP contribution in [0.25, 0.3) is 6.08 Å². The molecule has 0 aliphatic carbocycles. The van der Waals surface area contributed by atoms with Crippen LogP contribution in [0.4, 0.5) is 5.69 Å². The summed E-state index contributed by atoms with van der Waals surface area (Å²) < 4.78 is 0. The van der Waals surface area contributed by atoms with E-state index in [4.69, 9.17) is 0 Å². The molecule has 0 saturated heterocycles. The Bertz CT molecular complexity index is 577. The van der Waals surface area contributed by atoms with E-state index in [1.54, 1.807) is 0 Å². The smallest absolute Gasteiger partial charge is 0.0568 e. The highest BCUT2D eigenvalue weighted by Gasteiger charge is 1.99. The predicted molar refractivity (Wildman–Crippen MR) is 87.7 cm³/mol. The molecule has 0 aliphatic rings. The standard InChI is InChI=1S/C18H22N2/c1-14-8-10-17(11-9-14)20(4)19-13-12-18-15(2)6-5-7-16(18)3/h5-13,19H,1-4H3/b13-12+. The fourth-order valence-corrected chi connectivity index (χ4v) is 2.17. The Hall–Kier alpha value is -2.22. The van der Waals surface area contributed by atoms with E-state index in [1.165, 1.54) is 22.3 Å². The summed E-state index contributed by atoms with van der Waals surface area (Å²) in [6, 6.07) is 14.8. The van der Waals surface area contributed by atoms with Crippen LogP contribution in [0.5, 0.6) is 0 Å². The summed E-state index contributed by atoms with van der Waals surface area (Å²) in [7, 11) is 2.01. The number of benzene rings is 2. The van der Waals surface area contributed by atoms with Crippen LogP contribution in [0.15, 0.2) is 48.7 Å². The van der Waals surface area contributed by atoms with E-state index in [0.29, 0.717) is 0 Å². The molecule has 20 heavy (non-hydrogen) atoms. The van der Waals surface area contributed by atoms with Crippen molar-refractivity contribution in [1.29, 1.82) is 0 Å². The molecule has 104 valence electrons. The fraction of sp³-hybridized carbons (Fsp3) is 0.222. The number of hydrazine groups is 1. The third-order valence-electron chi connectivity index (χ3n) is 3.48. The van der Waals surface area contributed by atoms with E-state index in [-0.39, 0.29) is 0 Å². The van der Waals surface area contributed by atoms with Crippen molar-refractivity contribution in [2.24, 2.45) is 0 Å². The van der Waals surface area contributed by atoms with Crippen LogP contribution in [-0.2, 0) is 0 Å². The van der Waals surface area contributed by atoms with Gasteiger partial charge in [0, 0.05) is 13.2 Å².